The van der Waals surface area contributed by atoms with Crippen molar-refractivity contribution < 1.29 is 34.8 Å². The molecule has 0 spiro atoms. The molecule has 1 aliphatic rings. The van der Waals surface area contributed by atoms with Crippen LogP contribution in [-0.4, -0.2) is 75.8 Å². The fourth-order valence-corrected chi connectivity index (χ4v) is 7.61. The van der Waals surface area contributed by atoms with Crippen LogP contribution in [-0.2, 0) is 25.0 Å². The van der Waals surface area contributed by atoms with Crippen LogP contribution in [0.5, 0.6) is 0 Å². The van der Waals surface area contributed by atoms with E-state index < -0.39 is 45.4 Å². The summed E-state index contributed by atoms with van der Waals surface area (Å²) in [6.45, 7) is 0.308. The summed E-state index contributed by atoms with van der Waals surface area (Å²) in [4.78, 5) is 14.8. The van der Waals surface area contributed by atoms with Crippen molar-refractivity contribution in [2.24, 2.45) is 0 Å². The lowest BCUT2D eigenvalue weighted by atomic mass is 10.2. The second kappa shape index (κ2) is 11.3. The molecular formula is C23H24Cl2F3N5O5S2. The van der Waals surface area contributed by atoms with Crippen molar-refractivity contribution in [2.45, 2.75) is 24.4 Å². The van der Waals surface area contributed by atoms with Gasteiger partial charge in [-0.2, -0.15) is 25.9 Å². The third-order valence-electron chi connectivity index (χ3n) is 6.22. The summed E-state index contributed by atoms with van der Waals surface area (Å²) in [7, 11) is -8.30. The van der Waals surface area contributed by atoms with E-state index in [0.29, 0.717) is 32.3 Å². The molecule has 0 atom stereocenters. The fraction of sp³-hybridized carbons (Fsp3) is 0.348. The number of fused-ring (bicyclic) bond motifs is 1. The first-order valence-electron chi connectivity index (χ1n) is 11.9. The van der Waals surface area contributed by atoms with Crippen LogP contribution in [0.2, 0.25) is 10.0 Å². The van der Waals surface area contributed by atoms with Crippen molar-refractivity contribution in [2.75, 3.05) is 41.8 Å². The summed E-state index contributed by atoms with van der Waals surface area (Å²) in [5, 5.41) is 1.10. The minimum Gasteiger partial charge on any atom is -0.358 e. The first-order chi connectivity index (χ1) is 18.7. The van der Waals surface area contributed by atoms with Crippen molar-refractivity contribution >= 4 is 71.6 Å². The molecule has 2 N–H and O–H groups in total. The Morgan fingerprint density at radius 3 is 2.20 bits per heavy atom. The number of rotatable bonds is 8. The minimum absolute atomic E-state index is 0.0325. The molecule has 1 fully saturated rings. The number of benzene rings is 2. The lowest BCUT2D eigenvalue weighted by molar-refractivity contribution is -0.186. The molecule has 1 amide bonds. The SMILES string of the molecule is CCCN(c1ccc(S(=O)(=O)Nc2ccc(Cl)c3c(Cl)c[nH]c23)cc1)S(=O)(=O)N1CCN(C(=O)C(F)(F)F)CC1. The fourth-order valence-electron chi connectivity index (χ4n) is 4.27. The Morgan fingerprint density at radius 2 is 1.62 bits per heavy atom. The maximum atomic E-state index is 13.4. The molecule has 17 heteroatoms. The van der Waals surface area contributed by atoms with Crippen molar-refractivity contribution in [3.63, 3.8) is 0 Å². The average Bonchev–Trinajstić information content (AvgIpc) is 3.30. The number of aromatic nitrogens is 1. The molecule has 4 rings (SSSR count). The molecule has 0 aliphatic carbocycles. The number of nitrogens with zero attached hydrogens (tertiary/aromatic N) is 3. The van der Waals surface area contributed by atoms with Gasteiger partial charge in [-0.25, -0.2) is 8.42 Å². The van der Waals surface area contributed by atoms with E-state index in [2.05, 4.69) is 9.71 Å². The Labute approximate surface area is 238 Å². The lowest BCUT2D eigenvalue weighted by Crippen LogP contribution is -2.56. The molecule has 1 aliphatic heterocycles. The van der Waals surface area contributed by atoms with Gasteiger partial charge in [-0.3, -0.25) is 13.8 Å². The molecule has 2 heterocycles. The van der Waals surface area contributed by atoms with Crippen LogP contribution < -0.4 is 9.03 Å². The zero-order valence-electron chi connectivity index (χ0n) is 20.9. The summed E-state index contributed by atoms with van der Waals surface area (Å²) < 4.78 is 95.8. The van der Waals surface area contributed by atoms with Gasteiger partial charge in [0.2, 0.25) is 0 Å². The van der Waals surface area contributed by atoms with Crippen molar-refractivity contribution in [1.29, 1.82) is 0 Å². The number of hydrogen-bond acceptors (Lipinski definition) is 5. The standard InChI is InChI=1S/C23H24Cl2F3N5O5S2/c1-2-9-33(40(37,38)32-12-10-31(11-13-32)22(34)23(26,27)28)15-3-5-16(6-4-15)39(35,36)30-19-8-7-17(24)20-18(25)14-29-21(19)20/h3-8,14,29-30H,2,9-13H2,1H3. The van der Waals surface area contributed by atoms with Gasteiger partial charge >= 0.3 is 22.3 Å². The van der Waals surface area contributed by atoms with Crippen LogP contribution in [0.4, 0.5) is 24.5 Å². The number of halogens is 5. The second-order valence-electron chi connectivity index (χ2n) is 8.85. The van der Waals surface area contributed by atoms with Gasteiger partial charge in [0.1, 0.15) is 0 Å². The van der Waals surface area contributed by atoms with E-state index in [1.807, 2.05) is 0 Å². The van der Waals surface area contributed by atoms with Gasteiger partial charge in [0.25, 0.3) is 10.0 Å². The van der Waals surface area contributed by atoms with Crippen LogP contribution in [0.15, 0.2) is 47.5 Å². The molecule has 218 valence electrons. The Bertz CT molecular complexity index is 1620. The van der Waals surface area contributed by atoms with Gasteiger partial charge in [0.05, 0.1) is 31.8 Å². The number of H-pyrrole nitrogens is 1. The van der Waals surface area contributed by atoms with E-state index in [1.54, 1.807) is 6.92 Å². The molecule has 0 bridgehead atoms. The molecular weight excluding hydrogens is 618 g/mol. The number of hydrogen-bond donors (Lipinski definition) is 2. The highest BCUT2D eigenvalue weighted by molar-refractivity contribution is 7.92. The van der Waals surface area contributed by atoms with Gasteiger partial charge in [0.15, 0.2) is 0 Å². The topological polar surface area (TPSA) is 123 Å². The van der Waals surface area contributed by atoms with E-state index in [1.165, 1.54) is 42.6 Å². The van der Waals surface area contributed by atoms with Crippen LogP contribution in [0.3, 0.4) is 0 Å². The molecule has 2 aromatic carbocycles. The van der Waals surface area contributed by atoms with Crippen molar-refractivity contribution in [3.8, 4) is 0 Å². The Kier molecular flexibility index (Phi) is 8.53. The average molecular weight is 643 g/mol. The molecule has 1 saturated heterocycles. The monoisotopic (exact) mass is 641 g/mol. The van der Waals surface area contributed by atoms with Crippen LogP contribution in [0.1, 0.15) is 13.3 Å². The van der Waals surface area contributed by atoms with E-state index in [0.717, 1.165) is 8.61 Å². The maximum Gasteiger partial charge on any atom is 0.471 e. The molecule has 1 aromatic heterocycles. The van der Waals surface area contributed by atoms with Gasteiger partial charge in [-0.15, -0.1) is 0 Å². The maximum absolute atomic E-state index is 13.4. The van der Waals surface area contributed by atoms with Gasteiger partial charge in [-0.1, -0.05) is 30.1 Å². The predicted octanol–water partition coefficient (Wildman–Crippen LogP) is 4.44. The number of carbonyl (C=O) groups excluding carboxylic acids is 1. The quantitative estimate of drug-likeness (QED) is 0.376. The smallest absolute Gasteiger partial charge is 0.358 e. The number of alkyl halides is 3. The molecule has 0 radical (unpaired) electrons. The van der Waals surface area contributed by atoms with Crippen molar-refractivity contribution in [3.05, 3.63) is 52.6 Å². The predicted molar refractivity (Wildman–Crippen MR) is 146 cm³/mol. The molecule has 0 saturated carbocycles. The van der Waals surface area contributed by atoms with Crippen molar-refractivity contribution in [1.82, 2.24) is 14.2 Å². The van der Waals surface area contributed by atoms with Crippen LogP contribution in [0, 0.1) is 0 Å². The van der Waals surface area contributed by atoms with Crippen LogP contribution in [0.25, 0.3) is 10.9 Å². The molecule has 10 nitrogen and oxygen atoms in total. The highest BCUT2D eigenvalue weighted by Gasteiger charge is 2.44. The first kappa shape index (κ1) is 30.2. The number of aromatic amines is 1. The second-order valence-corrected chi connectivity index (χ2v) is 13.2. The Morgan fingerprint density at radius 1 is 1.00 bits per heavy atom. The Hall–Kier alpha value is -2.72. The number of sulfonamides is 1. The Balaban J connectivity index is 1.54. The highest BCUT2D eigenvalue weighted by Crippen LogP contribution is 2.35. The number of nitrogens with one attached hydrogen (secondary N) is 2. The summed E-state index contributed by atoms with van der Waals surface area (Å²) in [6, 6.07) is 8.11. The van der Waals surface area contributed by atoms with Gasteiger partial charge in [0, 0.05) is 44.3 Å². The largest absolute Gasteiger partial charge is 0.471 e. The van der Waals surface area contributed by atoms with Crippen LogP contribution >= 0.6 is 23.2 Å². The zero-order chi connectivity index (χ0) is 29.5. The van der Waals surface area contributed by atoms with E-state index in [9.17, 15) is 34.8 Å². The number of anilines is 2. The number of piperazine rings is 1. The molecule has 3 aromatic rings. The van der Waals surface area contributed by atoms with Gasteiger partial charge < -0.3 is 9.88 Å². The summed E-state index contributed by atoms with van der Waals surface area (Å²) in [5.41, 5.74) is 0.753. The lowest BCUT2D eigenvalue weighted by Gasteiger charge is -2.37. The minimum atomic E-state index is -5.04. The summed E-state index contributed by atoms with van der Waals surface area (Å²) >= 11 is 12.3. The molecule has 0 unspecified atom stereocenters. The third-order valence-corrected chi connectivity index (χ3v) is 10.2. The number of carbonyl (C=O) groups is 1. The zero-order valence-corrected chi connectivity index (χ0v) is 24.0. The van der Waals surface area contributed by atoms with E-state index in [4.69, 9.17) is 23.2 Å². The van der Waals surface area contributed by atoms with E-state index >= 15 is 0 Å². The molecule has 40 heavy (non-hydrogen) atoms. The van der Waals surface area contributed by atoms with Gasteiger partial charge in [-0.05, 0) is 42.8 Å². The number of amides is 1. The normalized spacial score (nSPS) is 15.4. The summed E-state index contributed by atoms with van der Waals surface area (Å²) in [5.74, 6) is -2.01. The first-order valence-corrected chi connectivity index (χ1v) is 15.5. The van der Waals surface area contributed by atoms with E-state index in [-0.39, 0.29) is 35.9 Å². The highest BCUT2D eigenvalue weighted by atomic mass is 35.5. The summed E-state index contributed by atoms with van der Waals surface area (Å²) in [6.07, 6.45) is -3.17. The third kappa shape index (κ3) is 5.98.